The van der Waals surface area contributed by atoms with E-state index < -0.39 is 20.6 Å². The molecular weight excluding hydrogens is 396 g/mol. The van der Waals surface area contributed by atoms with Gasteiger partial charge in [0, 0.05) is 23.1 Å². The van der Waals surface area contributed by atoms with Crippen molar-refractivity contribution >= 4 is 31.6 Å². The van der Waals surface area contributed by atoms with Crippen LogP contribution in [0.2, 0.25) is 0 Å². The van der Waals surface area contributed by atoms with Crippen molar-refractivity contribution in [3.63, 3.8) is 0 Å². The molecule has 0 radical (unpaired) electrons. The number of hydrogen-bond donors (Lipinski definition) is 0. The van der Waals surface area contributed by atoms with Crippen LogP contribution in [0.3, 0.4) is 0 Å². The zero-order valence-electron chi connectivity index (χ0n) is 13.2. The van der Waals surface area contributed by atoms with Crippen molar-refractivity contribution in [3.05, 3.63) is 68.7 Å². The smallest absolute Gasteiger partial charge is 0.258 e. The summed E-state index contributed by atoms with van der Waals surface area (Å²) >= 11 is 3.19. The zero-order valence-corrected chi connectivity index (χ0v) is 15.6. The van der Waals surface area contributed by atoms with E-state index in [1.54, 1.807) is 13.8 Å². The first kappa shape index (κ1) is 18.6. The number of rotatable bonds is 6. The van der Waals surface area contributed by atoms with Gasteiger partial charge in [0.15, 0.2) is 4.90 Å². The van der Waals surface area contributed by atoms with Crippen LogP contribution in [0, 0.1) is 10.1 Å². The van der Waals surface area contributed by atoms with Crippen molar-refractivity contribution in [1.29, 1.82) is 0 Å². The predicted molar refractivity (Wildman–Crippen MR) is 95.1 cm³/mol. The highest BCUT2D eigenvalue weighted by Gasteiger charge is 2.33. The number of nitro groups is 1. The summed E-state index contributed by atoms with van der Waals surface area (Å²) in [6.45, 7) is 3.62. The summed E-state index contributed by atoms with van der Waals surface area (Å²) in [6.07, 6.45) is 0. The molecule has 0 aliphatic heterocycles. The van der Waals surface area contributed by atoms with Crippen LogP contribution in [0.15, 0.2) is 57.9 Å². The Morgan fingerprint density at radius 2 is 1.79 bits per heavy atom. The highest BCUT2D eigenvalue weighted by molar-refractivity contribution is 9.10. The van der Waals surface area contributed by atoms with Gasteiger partial charge in [-0.1, -0.05) is 46.3 Å². The van der Waals surface area contributed by atoms with Crippen LogP contribution in [0.25, 0.3) is 0 Å². The Morgan fingerprint density at radius 1 is 1.17 bits per heavy atom. The third-order valence-corrected chi connectivity index (χ3v) is 6.01. The van der Waals surface area contributed by atoms with Crippen LogP contribution in [0.5, 0.6) is 0 Å². The van der Waals surface area contributed by atoms with Gasteiger partial charge in [0.2, 0.25) is 10.0 Å². The van der Waals surface area contributed by atoms with E-state index in [0.717, 1.165) is 5.56 Å². The number of halogens is 1. The molecule has 24 heavy (non-hydrogen) atoms. The van der Waals surface area contributed by atoms with E-state index in [9.17, 15) is 18.5 Å². The average molecular weight is 413 g/mol. The molecule has 0 saturated carbocycles. The molecule has 0 amide bonds. The molecule has 0 spiro atoms. The second kappa shape index (κ2) is 7.42. The lowest BCUT2D eigenvalue weighted by Crippen LogP contribution is -2.36. The topological polar surface area (TPSA) is 80.5 Å². The molecule has 0 fully saturated rings. The molecule has 0 aliphatic carbocycles. The van der Waals surface area contributed by atoms with E-state index in [1.807, 2.05) is 30.3 Å². The maximum absolute atomic E-state index is 13.1. The van der Waals surface area contributed by atoms with Gasteiger partial charge in [-0.05, 0) is 31.5 Å². The summed E-state index contributed by atoms with van der Waals surface area (Å²) in [6, 6.07) is 12.7. The third kappa shape index (κ3) is 4.00. The van der Waals surface area contributed by atoms with Gasteiger partial charge in [-0.15, -0.1) is 0 Å². The Hall–Kier alpha value is -1.77. The normalized spacial score (nSPS) is 11.9. The van der Waals surface area contributed by atoms with E-state index >= 15 is 0 Å². The summed E-state index contributed by atoms with van der Waals surface area (Å²) < 4.78 is 27.8. The molecular formula is C16H17BrN2O4S. The number of sulfonamides is 1. The van der Waals surface area contributed by atoms with E-state index in [2.05, 4.69) is 15.9 Å². The molecule has 0 saturated heterocycles. The Morgan fingerprint density at radius 3 is 2.33 bits per heavy atom. The second-order valence-electron chi connectivity index (χ2n) is 5.50. The molecule has 0 atom stereocenters. The van der Waals surface area contributed by atoms with E-state index in [0.29, 0.717) is 4.47 Å². The molecule has 6 nitrogen and oxygen atoms in total. The van der Waals surface area contributed by atoms with Gasteiger partial charge in [0.1, 0.15) is 0 Å². The quantitative estimate of drug-likeness (QED) is 0.531. The SMILES string of the molecule is CC(C)N(Cc1ccccc1)S(=O)(=O)c1cc(Br)ccc1[N+](=O)[O-]. The molecule has 2 rings (SSSR count). The first-order valence-corrected chi connectivity index (χ1v) is 9.46. The number of nitrogens with zero attached hydrogens (tertiary/aromatic N) is 2. The molecule has 0 aromatic heterocycles. The number of benzene rings is 2. The first-order valence-electron chi connectivity index (χ1n) is 7.23. The lowest BCUT2D eigenvalue weighted by Gasteiger charge is -2.26. The van der Waals surface area contributed by atoms with Crippen LogP contribution < -0.4 is 0 Å². The molecule has 8 heteroatoms. The Labute approximate surface area is 149 Å². The average Bonchev–Trinajstić information content (AvgIpc) is 2.52. The molecule has 0 unspecified atom stereocenters. The summed E-state index contributed by atoms with van der Waals surface area (Å²) in [5.41, 5.74) is 0.379. The van der Waals surface area contributed by atoms with Gasteiger partial charge in [0.25, 0.3) is 5.69 Å². The highest BCUT2D eigenvalue weighted by Crippen LogP contribution is 2.31. The van der Waals surface area contributed by atoms with Gasteiger partial charge in [-0.25, -0.2) is 8.42 Å². The van der Waals surface area contributed by atoms with Crippen LogP contribution in [0.4, 0.5) is 5.69 Å². The fraction of sp³-hybridized carbons (Fsp3) is 0.250. The van der Waals surface area contributed by atoms with Crippen molar-refractivity contribution < 1.29 is 13.3 Å². The fourth-order valence-corrected chi connectivity index (χ4v) is 4.60. The molecule has 0 bridgehead atoms. The van der Waals surface area contributed by atoms with Crippen molar-refractivity contribution in [2.24, 2.45) is 0 Å². The number of nitro benzene ring substituents is 1. The number of hydrogen-bond acceptors (Lipinski definition) is 4. The Balaban J connectivity index is 2.53. The summed E-state index contributed by atoms with van der Waals surface area (Å²) in [7, 11) is -4.04. The van der Waals surface area contributed by atoms with Crippen LogP contribution in [-0.4, -0.2) is 23.7 Å². The van der Waals surface area contributed by atoms with E-state index in [-0.39, 0.29) is 17.5 Å². The van der Waals surface area contributed by atoms with Gasteiger partial charge in [0.05, 0.1) is 4.92 Å². The van der Waals surface area contributed by atoms with Crippen molar-refractivity contribution in [2.75, 3.05) is 0 Å². The minimum Gasteiger partial charge on any atom is -0.258 e. The molecule has 0 heterocycles. The minimum atomic E-state index is -4.04. The fourth-order valence-electron chi connectivity index (χ4n) is 2.28. The summed E-state index contributed by atoms with van der Waals surface area (Å²) in [5.74, 6) is 0. The van der Waals surface area contributed by atoms with Crippen molar-refractivity contribution in [1.82, 2.24) is 4.31 Å². The standard InChI is InChI=1S/C16H17BrN2O4S/c1-12(2)18(11-13-6-4-3-5-7-13)24(22,23)16-10-14(17)8-9-15(16)19(20)21/h3-10,12H,11H2,1-2H3. The lowest BCUT2D eigenvalue weighted by molar-refractivity contribution is -0.387. The third-order valence-electron chi connectivity index (χ3n) is 3.46. The molecule has 0 aliphatic rings. The molecule has 128 valence electrons. The van der Waals surface area contributed by atoms with Crippen LogP contribution in [-0.2, 0) is 16.6 Å². The largest absolute Gasteiger partial charge is 0.289 e. The molecule has 2 aromatic rings. The van der Waals surface area contributed by atoms with E-state index in [1.165, 1.54) is 22.5 Å². The van der Waals surface area contributed by atoms with Crippen LogP contribution >= 0.6 is 15.9 Å². The first-order chi connectivity index (χ1) is 11.2. The van der Waals surface area contributed by atoms with Gasteiger partial charge >= 0.3 is 0 Å². The van der Waals surface area contributed by atoms with Crippen molar-refractivity contribution in [3.8, 4) is 0 Å². The Kier molecular flexibility index (Phi) is 5.74. The molecule has 0 N–H and O–H groups in total. The maximum atomic E-state index is 13.1. The lowest BCUT2D eigenvalue weighted by atomic mass is 10.2. The Bertz CT molecular complexity index is 838. The predicted octanol–water partition coefficient (Wildman–Crippen LogP) is 3.96. The van der Waals surface area contributed by atoms with Crippen LogP contribution in [0.1, 0.15) is 19.4 Å². The maximum Gasteiger partial charge on any atom is 0.289 e. The highest BCUT2D eigenvalue weighted by atomic mass is 79.9. The zero-order chi connectivity index (χ0) is 17.9. The summed E-state index contributed by atoms with van der Waals surface area (Å²) in [4.78, 5) is 10.2. The monoisotopic (exact) mass is 412 g/mol. The minimum absolute atomic E-state index is 0.143. The van der Waals surface area contributed by atoms with Gasteiger partial charge in [-0.2, -0.15) is 4.31 Å². The summed E-state index contributed by atoms with van der Waals surface area (Å²) in [5, 5.41) is 11.2. The van der Waals surface area contributed by atoms with Gasteiger partial charge < -0.3 is 0 Å². The van der Waals surface area contributed by atoms with E-state index in [4.69, 9.17) is 0 Å². The van der Waals surface area contributed by atoms with Crippen molar-refractivity contribution in [2.45, 2.75) is 31.3 Å². The molecule has 2 aromatic carbocycles. The second-order valence-corrected chi connectivity index (χ2v) is 8.27. The van der Waals surface area contributed by atoms with Gasteiger partial charge in [-0.3, -0.25) is 10.1 Å².